The standard InChI is InChI=1S/C9H12F3N3O4S/c1-5(2)20(18,19)4-3-15-7(9(10,11)12)6(8(16)17)13-14-15/h5H,3-4H2,1-2H3,(H,16,17). The molecular weight excluding hydrogens is 303 g/mol. The van der Waals surface area contributed by atoms with E-state index in [-0.39, 0.29) is 4.68 Å². The maximum absolute atomic E-state index is 12.8. The van der Waals surface area contributed by atoms with E-state index in [1.54, 1.807) is 0 Å². The van der Waals surface area contributed by atoms with E-state index in [2.05, 4.69) is 10.3 Å². The molecule has 1 N–H and O–H groups in total. The van der Waals surface area contributed by atoms with E-state index in [9.17, 15) is 26.4 Å². The van der Waals surface area contributed by atoms with Crippen molar-refractivity contribution in [2.24, 2.45) is 0 Å². The third-order valence-electron chi connectivity index (χ3n) is 2.51. The fraction of sp³-hybridized carbons (Fsp3) is 0.667. The first-order chi connectivity index (χ1) is 8.97. The summed E-state index contributed by atoms with van der Waals surface area (Å²) >= 11 is 0. The minimum Gasteiger partial charge on any atom is -0.476 e. The lowest BCUT2D eigenvalue weighted by Crippen LogP contribution is -2.25. The molecule has 0 fully saturated rings. The molecule has 0 aliphatic heterocycles. The molecule has 1 rings (SSSR count). The lowest BCUT2D eigenvalue weighted by Gasteiger charge is -2.11. The van der Waals surface area contributed by atoms with Crippen molar-refractivity contribution in [2.75, 3.05) is 5.75 Å². The van der Waals surface area contributed by atoms with E-state index >= 15 is 0 Å². The zero-order chi connectivity index (χ0) is 15.7. The first-order valence-electron chi connectivity index (χ1n) is 5.42. The van der Waals surface area contributed by atoms with Crippen LogP contribution in [0, 0.1) is 0 Å². The van der Waals surface area contributed by atoms with Gasteiger partial charge in [0.15, 0.2) is 15.5 Å². The van der Waals surface area contributed by atoms with E-state index in [0.717, 1.165) is 0 Å². The second kappa shape index (κ2) is 5.38. The van der Waals surface area contributed by atoms with Crippen LogP contribution < -0.4 is 0 Å². The molecule has 0 aliphatic rings. The Labute approximate surface area is 112 Å². The SMILES string of the molecule is CC(C)S(=O)(=O)CCn1nnc(C(=O)O)c1C(F)(F)F. The fourth-order valence-electron chi connectivity index (χ4n) is 1.34. The Morgan fingerprint density at radius 2 is 1.95 bits per heavy atom. The largest absolute Gasteiger partial charge is 0.476 e. The first-order valence-corrected chi connectivity index (χ1v) is 7.14. The van der Waals surface area contributed by atoms with Gasteiger partial charge in [0.05, 0.1) is 17.5 Å². The summed E-state index contributed by atoms with van der Waals surface area (Å²) in [7, 11) is -3.57. The highest BCUT2D eigenvalue weighted by atomic mass is 32.2. The molecule has 0 saturated heterocycles. The molecule has 11 heteroatoms. The lowest BCUT2D eigenvalue weighted by molar-refractivity contribution is -0.144. The number of aromatic carboxylic acids is 1. The first kappa shape index (κ1) is 16.4. The van der Waals surface area contributed by atoms with Gasteiger partial charge in [0, 0.05) is 0 Å². The van der Waals surface area contributed by atoms with Crippen molar-refractivity contribution in [2.45, 2.75) is 31.8 Å². The number of aromatic nitrogens is 3. The maximum Gasteiger partial charge on any atom is 0.435 e. The van der Waals surface area contributed by atoms with Crippen molar-refractivity contribution in [3.05, 3.63) is 11.4 Å². The summed E-state index contributed by atoms with van der Waals surface area (Å²) in [5.74, 6) is -2.47. The van der Waals surface area contributed by atoms with E-state index in [0.29, 0.717) is 0 Å². The number of nitrogens with zero attached hydrogens (tertiary/aromatic N) is 3. The molecule has 0 aromatic carbocycles. The van der Waals surface area contributed by atoms with Gasteiger partial charge in [-0.2, -0.15) is 13.2 Å². The smallest absolute Gasteiger partial charge is 0.435 e. The quantitative estimate of drug-likeness (QED) is 0.863. The predicted molar refractivity (Wildman–Crippen MR) is 60.9 cm³/mol. The molecule has 20 heavy (non-hydrogen) atoms. The van der Waals surface area contributed by atoms with Gasteiger partial charge in [0.25, 0.3) is 0 Å². The molecular formula is C9H12F3N3O4S. The van der Waals surface area contributed by atoms with Gasteiger partial charge in [-0.05, 0) is 13.8 Å². The Balaban J connectivity index is 3.12. The van der Waals surface area contributed by atoms with Crippen LogP contribution in [0.25, 0.3) is 0 Å². The topological polar surface area (TPSA) is 102 Å². The fourth-order valence-corrected chi connectivity index (χ4v) is 2.24. The van der Waals surface area contributed by atoms with Gasteiger partial charge in [-0.15, -0.1) is 5.10 Å². The zero-order valence-electron chi connectivity index (χ0n) is 10.5. The molecule has 0 unspecified atom stereocenters. The van der Waals surface area contributed by atoms with Crippen LogP contribution in [0.2, 0.25) is 0 Å². The maximum atomic E-state index is 12.8. The Bertz CT molecular complexity index is 606. The second-order valence-corrected chi connectivity index (χ2v) is 6.91. The van der Waals surface area contributed by atoms with Crippen molar-refractivity contribution in [1.29, 1.82) is 0 Å². The minimum absolute atomic E-state index is 0.253. The van der Waals surface area contributed by atoms with Crippen LogP contribution in [0.4, 0.5) is 13.2 Å². The van der Waals surface area contributed by atoms with Crippen molar-refractivity contribution in [3.8, 4) is 0 Å². The second-order valence-electron chi connectivity index (χ2n) is 4.23. The number of carboxylic acid groups (broad SMARTS) is 1. The Morgan fingerprint density at radius 3 is 2.35 bits per heavy atom. The van der Waals surface area contributed by atoms with Crippen molar-refractivity contribution in [1.82, 2.24) is 15.0 Å². The van der Waals surface area contributed by atoms with Crippen molar-refractivity contribution < 1.29 is 31.5 Å². The predicted octanol–water partition coefficient (Wildman–Crippen LogP) is 0.818. The van der Waals surface area contributed by atoms with Gasteiger partial charge >= 0.3 is 12.1 Å². The molecule has 7 nitrogen and oxygen atoms in total. The van der Waals surface area contributed by atoms with Crippen LogP contribution in [-0.2, 0) is 22.6 Å². The molecule has 0 amide bonds. The number of hydrogen-bond acceptors (Lipinski definition) is 5. The van der Waals surface area contributed by atoms with Crippen LogP contribution in [0.5, 0.6) is 0 Å². The highest BCUT2D eigenvalue weighted by Gasteiger charge is 2.41. The highest BCUT2D eigenvalue weighted by molar-refractivity contribution is 7.91. The summed E-state index contributed by atoms with van der Waals surface area (Å²) in [6.45, 7) is 2.17. The molecule has 0 radical (unpaired) electrons. The molecule has 1 heterocycles. The normalized spacial score (nSPS) is 12.9. The minimum atomic E-state index is -4.99. The zero-order valence-corrected chi connectivity index (χ0v) is 11.4. The lowest BCUT2D eigenvalue weighted by atomic mass is 10.3. The monoisotopic (exact) mass is 315 g/mol. The summed E-state index contributed by atoms with van der Waals surface area (Å²) < 4.78 is 61.6. The molecule has 0 spiro atoms. The van der Waals surface area contributed by atoms with Crippen LogP contribution in [0.15, 0.2) is 0 Å². The number of rotatable bonds is 5. The van der Waals surface area contributed by atoms with Gasteiger partial charge in [0.2, 0.25) is 5.69 Å². The number of sulfone groups is 1. The number of aryl methyl sites for hydroxylation is 1. The Morgan fingerprint density at radius 1 is 1.40 bits per heavy atom. The summed E-state index contributed by atoms with van der Waals surface area (Å²) in [4.78, 5) is 10.7. The number of hydrogen-bond donors (Lipinski definition) is 1. The number of carbonyl (C=O) groups is 1. The van der Waals surface area contributed by atoms with Crippen LogP contribution >= 0.6 is 0 Å². The van der Waals surface area contributed by atoms with E-state index < -0.39 is 50.9 Å². The van der Waals surface area contributed by atoms with Crippen LogP contribution in [0.3, 0.4) is 0 Å². The molecule has 0 atom stereocenters. The molecule has 0 saturated carbocycles. The van der Waals surface area contributed by atoms with E-state index in [4.69, 9.17) is 5.11 Å². The summed E-state index contributed by atoms with van der Waals surface area (Å²) in [5, 5.41) is 13.9. The number of halogens is 3. The van der Waals surface area contributed by atoms with Gasteiger partial charge < -0.3 is 5.11 Å². The molecule has 0 aliphatic carbocycles. The summed E-state index contributed by atoms with van der Waals surface area (Å²) in [5.41, 5.74) is -2.82. The van der Waals surface area contributed by atoms with E-state index in [1.807, 2.05) is 0 Å². The molecule has 1 aromatic rings. The van der Waals surface area contributed by atoms with Crippen LogP contribution in [0.1, 0.15) is 30.0 Å². The van der Waals surface area contributed by atoms with Crippen molar-refractivity contribution in [3.63, 3.8) is 0 Å². The molecule has 114 valence electrons. The third kappa shape index (κ3) is 3.46. The summed E-state index contributed by atoms with van der Waals surface area (Å²) in [6, 6.07) is 0. The van der Waals surface area contributed by atoms with Crippen molar-refractivity contribution >= 4 is 15.8 Å². The third-order valence-corrected chi connectivity index (χ3v) is 4.70. The van der Waals surface area contributed by atoms with Gasteiger partial charge in [-0.3, -0.25) is 0 Å². The van der Waals surface area contributed by atoms with Gasteiger partial charge in [-0.25, -0.2) is 17.9 Å². The average Bonchev–Trinajstić information content (AvgIpc) is 2.69. The summed E-state index contributed by atoms with van der Waals surface area (Å²) in [6.07, 6.45) is -4.99. The Hall–Kier alpha value is -1.65. The Kier molecular flexibility index (Phi) is 4.42. The molecule has 0 bridgehead atoms. The average molecular weight is 315 g/mol. The van der Waals surface area contributed by atoms with E-state index in [1.165, 1.54) is 13.8 Å². The van der Waals surface area contributed by atoms with Gasteiger partial charge in [0.1, 0.15) is 0 Å². The number of carboxylic acids is 1. The van der Waals surface area contributed by atoms with Crippen LogP contribution in [-0.4, -0.2) is 45.5 Å². The number of alkyl halides is 3. The highest BCUT2D eigenvalue weighted by Crippen LogP contribution is 2.31. The molecule has 1 aromatic heterocycles. The van der Waals surface area contributed by atoms with Gasteiger partial charge in [-0.1, -0.05) is 5.21 Å².